The minimum absolute atomic E-state index is 0.0225. The molecule has 0 saturated carbocycles. The lowest BCUT2D eigenvalue weighted by molar-refractivity contribution is -0.870. The second-order valence-corrected chi connectivity index (χ2v) is 27.2. The van der Waals surface area contributed by atoms with E-state index in [9.17, 15) is 19.0 Å². The van der Waals surface area contributed by atoms with Gasteiger partial charge in [-0.25, -0.2) is 0 Å². The second kappa shape index (κ2) is 63.7. The van der Waals surface area contributed by atoms with E-state index < -0.39 is 20.0 Å². The predicted molar refractivity (Wildman–Crippen MR) is 362 cm³/mol. The molecule has 10 heteroatoms. The van der Waals surface area contributed by atoms with E-state index in [4.69, 9.17) is 13.8 Å². The first-order valence-corrected chi connectivity index (χ1v) is 37.6. The van der Waals surface area contributed by atoms with Gasteiger partial charge in [-0.1, -0.05) is 319 Å². The van der Waals surface area contributed by atoms with Crippen molar-refractivity contribution in [1.29, 1.82) is 0 Å². The van der Waals surface area contributed by atoms with Crippen LogP contribution in [-0.2, 0) is 27.9 Å². The van der Waals surface area contributed by atoms with Crippen LogP contribution in [0.4, 0.5) is 0 Å². The largest absolute Gasteiger partial charge is 0.756 e. The molecule has 0 fully saturated rings. The quantitative estimate of drug-likeness (QED) is 0.0212. The molecule has 0 bridgehead atoms. The Labute approximate surface area is 521 Å². The molecule has 0 aliphatic carbocycles. The van der Waals surface area contributed by atoms with Crippen molar-refractivity contribution < 1.29 is 37.3 Å². The number of carbonyl (C=O) groups is 2. The Morgan fingerprint density at radius 3 is 1.11 bits per heavy atom. The molecule has 9 nitrogen and oxygen atoms in total. The summed E-state index contributed by atoms with van der Waals surface area (Å²) < 4.78 is 30.5. The van der Waals surface area contributed by atoms with Crippen LogP contribution in [0.1, 0.15) is 348 Å². The molecule has 0 radical (unpaired) electrons. The van der Waals surface area contributed by atoms with Gasteiger partial charge in [0.05, 0.1) is 33.8 Å². The number of allylic oxidation sites excluding steroid dienone is 9. The Kier molecular flexibility index (Phi) is 62.0. The lowest BCUT2D eigenvalue weighted by atomic mass is 10.0. The van der Waals surface area contributed by atoms with Crippen LogP contribution in [0, 0.1) is 0 Å². The Balaban J connectivity index is 5.06. The van der Waals surface area contributed by atoms with Crippen LogP contribution in [0.3, 0.4) is 0 Å². The van der Waals surface area contributed by atoms with Crippen molar-refractivity contribution in [2.75, 3.05) is 40.9 Å². The molecule has 1 N–H and O–H groups in total. The van der Waals surface area contributed by atoms with Gasteiger partial charge in [-0.15, -0.1) is 0 Å². The van der Waals surface area contributed by atoms with E-state index in [1.54, 1.807) is 0 Å². The number of phosphoric ester groups is 1. The van der Waals surface area contributed by atoms with Gasteiger partial charge in [0.1, 0.15) is 19.3 Å². The zero-order valence-corrected chi connectivity index (χ0v) is 57.3. The van der Waals surface area contributed by atoms with E-state index in [2.05, 4.69) is 74.7 Å². The molecule has 0 aromatic rings. The minimum atomic E-state index is -4.70. The maximum Gasteiger partial charge on any atom is 0.306 e. The smallest absolute Gasteiger partial charge is 0.306 e. The van der Waals surface area contributed by atoms with Gasteiger partial charge in [0, 0.05) is 12.8 Å². The maximum atomic E-state index is 13.6. The van der Waals surface area contributed by atoms with Crippen LogP contribution < -0.4 is 10.2 Å². The van der Waals surface area contributed by atoms with Gasteiger partial charge < -0.3 is 28.5 Å². The van der Waals surface area contributed by atoms with Crippen molar-refractivity contribution in [2.24, 2.45) is 0 Å². The Morgan fingerprint density at radius 1 is 0.417 bits per heavy atom. The van der Waals surface area contributed by atoms with Crippen LogP contribution in [0.15, 0.2) is 60.8 Å². The monoisotopic (exact) mass is 1200 g/mol. The lowest BCUT2D eigenvalue weighted by Crippen LogP contribution is -2.47. The molecule has 0 aromatic heterocycles. The summed E-state index contributed by atoms with van der Waals surface area (Å²) in [4.78, 5) is 40.2. The molecule has 492 valence electrons. The van der Waals surface area contributed by atoms with Gasteiger partial charge in [-0.2, -0.15) is 0 Å². The SMILES string of the molecule is CCCCC/C=C\C/C=C\C/C=C\C/C=C\CCCCCCCCCCCC(=O)OC(/C=C/CCCCCCCCCCCC)C(COP(=O)([O-])OCC[N+](C)(C)C)NC(=O)CCCCCCCCCCCCCCCCCCCCCCC. The first-order valence-electron chi connectivity index (χ1n) is 36.1. The van der Waals surface area contributed by atoms with Crippen LogP contribution in [0.25, 0.3) is 0 Å². The Bertz CT molecular complexity index is 1620. The van der Waals surface area contributed by atoms with Crippen LogP contribution in [0.2, 0.25) is 0 Å². The molecule has 0 aliphatic rings. The number of esters is 1. The highest BCUT2D eigenvalue weighted by atomic mass is 31.2. The van der Waals surface area contributed by atoms with E-state index in [0.29, 0.717) is 17.4 Å². The van der Waals surface area contributed by atoms with E-state index in [1.807, 2.05) is 33.3 Å². The summed E-state index contributed by atoms with van der Waals surface area (Å²) in [6.07, 6.45) is 82.0. The van der Waals surface area contributed by atoms with E-state index in [-0.39, 0.29) is 31.5 Å². The highest BCUT2D eigenvalue weighted by Gasteiger charge is 2.27. The third-order valence-corrected chi connectivity index (χ3v) is 17.2. The second-order valence-electron chi connectivity index (χ2n) is 25.7. The van der Waals surface area contributed by atoms with Crippen molar-refractivity contribution >= 4 is 19.7 Å². The van der Waals surface area contributed by atoms with Gasteiger partial charge in [-0.3, -0.25) is 14.2 Å². The van der Waals surface area contributed by atoms with Crippen molar-refractivity contribution in [3.63, 3.8) is 0 Å². The zero-order chi connectivity index (χ0) is 61.4. The zero-order valence-electron chi connectivity index (χ0n) is 56.4. The number of hydrogen-bond donors (Lipinski definition) is 1. The number of likely N-dealkylation sites (N-methyl/N-ethyl adjacent to an activating group) is 1. The minimum Gasteiger partial charge on any atom is -0.756 e. The number of unbranched alkanes of at least 4 members (excludes halogenated alkanes) is 42. The van der Waals surface area contributed by atoms with Crippen LogP contribution >= 0.6 is 7.82 Å². The van der Waals surface area contributed by atoms with Gasteiger partial charge >= 0.3 is 5.97 Å². The third kappa shape index (κ3) is 64.2. The van der Waals surface area contributed by atoms with Gasteiger partial charge in [-0.05, 0) is 76.7 Å². The average molecular weight is 1200 g/mol. The van der Waals surface area contributed by atoms with Crippen molar-refractivity contribution in [3.8, 4) is 0 Å². The first kappa shape index (κ1) is 81.7. The molecule has 3 unspecified atom stereocenters. The topological polar surface area (TPSA) is 114 Å². The summed E-state index contributed by atoms with van der Waals surface area (Å²) >= 11 is 0. The van der Waals surface area contributed by atoms with E-state index in [1.165, 1.54) is 225 Å². The molecule has 0 saturated heterocycles. The summed E-state index contributed by atoms with van der Waals surface area (Å²) in [5.41, 5.74) is 0. The van der Waals surface area contributed by atoms with Gasteiger partial charge in [0.15, 0.2) is 0 Å². The Morgan fingerprint density at radius 2 is 0.726 bits per heavy atom. The van der Waals surface area contributed by atoms with E-state index >= 15 is 0 Å². The molecule has 0 heterocycles. The Hall–Kier alpha value is -2.29. The predicted octanol–water partition coefficient (Wildman–Crippen LogP) is 22.3. The number of amides is 1. The van der Waals surface area contributed by atoms with Crippen molar-refractivity contribution in [1.82, 2.24) is 5.32 Å². The highest BCUT2D eigenvalue weighted by molar-refractivity contribution is 7.45. The van der Waals surface area contributed by atoms with Crippen molar-refractivity contribution in [2.45, 2.75) is 360 Å². The van der Waals surface area contributed by atoms with Gasteiger partial charge in [0.2, 0.25) is 5.91 Å². The molecule has 3 atom stereocenters. The number of hydrogen-bond acceptors (Lipinski definition) is 7. The standard InChI is InChI=1S/C74H139N2O7P/c1-7-10-13-16-19-22-25-28-30-32-34-36-37-38-39-41-43-45-47-49-52-55-58-61-64-67-74(78)83-72(65-62-59-56-53-50-27-24-21-18-15-12-9-3)71(70-82-84(79,80)81-69-68-76(4,5)6)75-73(77)66-63-60-57-54-51-48-46-44-42-40-35-33-31-29-26-23-20-17-14-11-8-2/h19,22,28,30,34,36,38-39,62,65,71-72H,7-18,20-21,23-27,29,31-33,35,37,40-61,63-64,66-70H2,1-6H3,(H-,75,77,79,80)/b22-19-,30-28-,36-34-,39-38-,65-62+. The fraction of sp³-hybridized carbons (Fsp3) is 0.838. The van der Waals surface area contributed by atoms with Crippen molar-refractivity contribution in [3.05, 3.63) is 60.8 Å². The summed E-state index contributed by atoms with van der Waals surface area (Å²) in [5.74, 6) is -0.533. The number of carbonyl (C=O) groups excluding carboxylic acids is 2. The fourth-order valence-corrected chi connectivity index (χ4v) is 11.3. The summed E-state index contributed by atoms with van der Waals surface area (Å²) in [5, 5.41) is 3.05. The molecule has 84 heavy (non-hydrogen) atoms. The normalized spacial score (nSPS) is 13.8. The molecule has 0 aromatic carbocycles. The molecular weight excluding hydrogens is 1060 g/mol. The average Bonchev–Trinajstić information content (AvgIpc) is 3.64. The number of phosphoric acid groups is 1. The van der Waals surface area contributed by atoms with Gasteiger partial charge in [0.25, 0.3) is 7.82 Å². The fourth-order valence-electron chi connectivity index (χ4n) is 10.6. The van der Waals surface area contributed by atoms with Crippen LogP contribution in [0.5, 0.6) is 0 Å². The first-order chi connectivity index (χ1) is 40.9. The summed E-state index contributed by atoms with van der Waals surface area (Å²) in [6, 6.07) is -0.891. The maximum absolute atomic E-state index is 13.6. The number of quaternary nitrogens is 1. The number of nitrogens with zero attached hydrogens (tertiary/aromatic N) is 1. The molecule has 0 spiro atoms. The highest BCUT2D eigenvalue weighted by Crippen LogP contribution is 2.38. The number of rotatable bonds is 66. The molecule has 0 aliphatic heterocycles. The number of nitrogens with one attached hydrogen (secondary N) is 1. The molecule has 0 rings (SSSR count). The summed E-state index contributed by atoms with van der Waals surface area (Å²) in [6.45, 7) is 6.86. The van der Waals surface area contributed by atoms with Crippen LogP contribution in [-0.4, -0.2) is 69.4 Å². The van der Waals surface area contributed by atoms with E-state index in [0.717, 1.165) is 89.9 Å². The molecule has 1 amide bonds. The summed E-state index contributed by atoms with van der Waals surface area (Å²) in [7, 11) is 1.19. The lowest BCUT2D eigenvalue weighted by Gasteiger charge is -2.30. The third-order valence-electron chi connectivity index (χ3n) is 16.2. The molecular formula is C74H139N2O7P. The number of ether oxygens (including phenoxy) is 1.